The first-order valence-electron chi connectivity index (χ1n) is 6.41. The second kappa shape index (κ2) is 8.93. The first kappa shape index (κ1) is 17.8. The monoisotopic (exact) mass is 335 g/mol. The van der Waals surface area contributed by atoms with Crippen LogP contribution in [0.4, 0.5) is 5.13 Å². The summed E-state index contributed by atoms with van der Waals surface area (Å²) in [6, 6.07) is -0.360. The Bertz CT molecular complexity index is 477. The van der Waals surface area contributed by atoms with Gasteiger partial charge >= 0.3 is 5.97 Å². The van der Waals surface area contributed by atoms with Crippen LogP contribution in [0.1, 0.15) is 12.6 Å². The molecule has 0 aromatic carbocycles. The van der Waals surface area contributed by atoms with Crippen LogP contribution in [0.2, 0.25) is 0 Å². The molecule has 0 saturated carbocycles. The lowest BCUT2D eigenvalue weighted by Gasteiger charge is -2.22. The van der Waals surface area contributed by atoms with Gasteiger partial charge in [0.2, 0.25) is 5.91 Å². The van der Waals surface area contributed by atoms with Crippen molar-refractivity contribution in [2.75, 3.05) is 31.7 Å². The van der Waals surface area contributed by atoms with Crippen molar-refractivity contribution in [2.24, 2.45) is 0 Å². The Hall–Kier alpha value is -1.22. The summed E-state index contributed by atoms with van der Waals surface area (Å²) in [5, 5.41) is 7.98. The number of amides is 1. The van der Waals surface area contributed by atoms with Crippen LogP contribution in [0.5, 0.6) is 0 Å². The van der Waals surface area contributed by atoms with Gasteiger partial charge in [-0.05, 0) is 6.92 Å². The molecule has 21 heavy (non-hydrogen) atoms. The van der Waals surface area contributed by atoms with Crippen LogP contribution in [0.25, 0.3) is 0 Å². The molecule has 118 valence electrons. The number of hydrogen-bond donors (Lipinski definition) is 2. The summed E-state index contributed by atoms with van der Waals surface area (Å²) < 4.78 is 10.1. The van der Waals surface area contributed by atoms with Crippen molar-refractivity contribution in [1.29, 1.82) is 0 Å². The van der Waals surface area contributed by atoms with E-state index in [2.05, 4.69) is 15.6 Å². The molecule has 1 aliphatic heterocycles. The van der Waals surface area contributed by atoms with Crippen LogP contribution < -0.4 is 10.6 Å². The SMILES string of the molecule is CCOC(=O)Cc1csc(NC(=O)C2COCCN2)n1.Cl. The highest BCUT2D eigenvalue weighted by molar-refractivity contribution is 7.13. The molecule has 7 nitrogen and oxygen atoms in total. The fourth-order valence-corrected chi connectivity index (χ4v) is 2.44. The van der Waals surface area contributed by atoms with Gasteiger partial charge in [0, 0.05) is 11.9 Å². The van der Waals surface area contributed by atoms with Crippen molar-refractivity contribution in [3.05, 3.63) is 11.1 Å². The molecule has 1 saturated heterocycles. The number of aromatic nitrogens is 1. The molecule has 1 atom stereocenters. The molecule has 1 aromatic heterocycles. The van der Waals surface area contributed by atoms with Crippen LogP contribution >= 0.6 is 23.7 Å². The minimum absolute atomic E-state index is 0. The Morgan fingerprint density at radius 3 is 3.10 bits per heavy atom. The number of ether oxygens (including phenoxy) is 2. The van der Waals surface area contributed by atoms with E-state index in [4.69, 9.17) is 9.47 Å². The molecule has 0 aliphatic carbocycles. The van der Waals surface area contributed by atoms with E-state index in [9.17, 15) is 9.59 Å². The zero-order valence-electron chi connectivity index (χ0n) is 11.6. The summed E-state index contributed by atoms with van der Waals surface area (Å²) in [6.45, 7) is 3.73. The van der Waals surface area contributed by atoms with E-state index in [0.717, 1.165) is 0 Å². The van der Waals surface area contributed by atoms with Gasteiger partial charge in [-0.15, -0.1) is 23.7 Å². The Balaban J connectivity index is 0.00000220. The molecule has 2 rings (SSSR count). The van der Waals surface area contributed by atoms with Crippen molar-refractivity contribution in [1.82, 2.24) is 10.3 Å². The summed E-state index contributed by atoms with van der Waals surface area (Å²) >= 11 is 1.28. The van der Waals surface area contributed by atoms with Gasteiger partial charge in [0.15, 0.2) is 5.13 Å². The van der Waals surface area contributed by atoms with E-state index in [0.29, 0.717) is 37.2 Å². The van der Waals surface area contributed by atoms with Gasteiger partial charge in [-0.2, -0.15) is 0 Å². The fraction of sp³-hybridized carbons (Fsp3) is 0.583. The molecule has 1 fully saturated rings. The van der Waals surface area contributed by atoms with E-state index in [1.165, 1.54) is 11.3 Å². The Kier molecular flexibility index (Phi) is 7.58. The summed E-state index contributed by atoms with van der Waals surface area (Å²) in [6.07, 6.45) is 0.116. The van der Waals surface area contributed by atoms with Crippen molar-refractivity contribution in [3.63, 3.8) is 0 Å². The minimum atomic E-state index is -0.360. The van der Waals surface area contributed by atoms with Crippen molar-refractivity contribution < 1.29 is 19.1 Å². The van der Waals surface area contributed by atoms with Crippen molar-refractivity contribution in [2.45, 2.75) is 19.4 Å². The predicted octanol–water partition coefficient (Wildman–Crippen LogP) is 0.597. The molecule has 0 bridgehead atoms. The number of nitrogens with zero attached hydrogens (tertiary/aromatic N) is 1. The summed E-state index contributed by atoms with van der Waals surface area (Å²) in [5.74, 6) is -0.500. The van der Waals surface area contributed by atoms with E-state index >= 15 is 0 Å². The lowest BCUT2D eigenvalue weighted by atomic mass is 10.2. The number of morpholine rings is 1. The highest BCUT2D eigenvalue weighted by Gasteiger charge is 2.22. The van der Waals surface area contributed by atoms with Crippen LogP contribution in [-0.2, 0) is 25.5 Å². The quantitative estimate of drug-likeness (QED) is 0.766. The summed E-state index contributed by atoms with van der Waals surface area (Å²) in [5.41, 5.74) is 0.594. The lowest BCUT2D eigenvalue weighted by molar-refractivity contribution is -0.142. The minimum Gasteiger partial charge on any atom is -0.466 e. The van der Waals surface area contributed by atoms with E-state index < -0.39 is 0 Å². The molecular weight excluding hydrogens is 318 g/mol. The molecule has 1 unspecified atom stereocenters. The Labute approximate surface area is 132 Å². The first-order valence-corrected chi connectivity index (χ1v) is 7.29. The molecule has 2 N–H and O–H groups in total. The zero-order chi connectivity index (χ0) is 14.4. The molecule has 0 spiro atoms. The Morgan fingerprint density at radius 2 is 2.43 bits per heavy atom. The predicted molar refractivity (Wildman–Crippen MR) is 80.9 cm³/mol. The van der Waals surface area contributed by atoms with Crippen molar-refractivity contribution >= 4 is 40.8 Å². The molecule has 2 heterocycles. The second-order valence-electron chi connectivity index (χ2n) is 4.20. The smallest absolute Gasteiger partial charge is 0.311 e. The standard InChI is InChI=1S/C12H17N3O4S.ClH/c1-2-19-10(16)5-8-7-20-12(14-8)15-11(17)9-6-18-4-3-13-9;/h7,9,13H,2-6H2,1H3,(H,14,15,17);1H. The van der Waals surface area contributed by atoms with Crippen LogP contribution in [-0.4, -0.2) is 49.3 Å². The van der Waals surface area contributed by atoms with Gasteiger partial charge < -0.3 is 20.1 Å². The first-order chi connectivity index (χ1) is 9.69. The third-order valence-electron chi connectivity index (χ3n) is 2.65. The fourth-order valence-electron chi connectivity index (χ4n) is 1.73. The number of hydrogen-bond acceptors (Lipinski definition) is 7. The molecule has 1 aliphatic rings. The number of esters is 1. The average molecular weight is 336 g/mol. The topological polar surface area (TPSA) is 89.5 Å². The van der Waals surface area contributed by atoms with Gasteiger partial charge in [-0.3, -0.25) is 9.59 Å². The second-order valence-corrected chi connectivity index (χ2v) is 5.05. The largest absolute Gasteiger partial charge is 0.466 e. The lowest BCUT2D eigenvalue weighted by Crippen LogP contribution is -2.48. The maximum Gasteiger partial charge on any atom is 0.311 e. The Morgan fingerprint density at radius 1 is 1.62 bits per heavy atom. The van der Waals surface area contributed by atoms with Crippen LogP contribution in [0.3, 0.4) is 0 Å². The van der Waals surface area contributed by atoms with Crippen LogP contribution in [0, 0.1) is 0 Å². The third-order valence-corrected chi connectivity index (χ3v) is 3.46. The van der Waals surface area contributed by atoms with Gasteiger partial charge in [0.1, 0.15) is 6.04 Å². The number of halogens is 1. The number of thiazole rings is 1. The average Bonchev–Trinajstić information content (AvgIpc) is 2.87. The van der Waals surface area contributed by atoms with Gasteiger partial charge in [0.05, 0.1) is 31.9 Å². The molecule has 0 radical (unpaired) electrons. The van der Waals surface area contributed by atoms with E-state index in [-0.39, 0.29) is 36.7 Å². The number of carbonyl (C=O) groups excluding carboxylic acids is 2. The molecular formula is C12H18ClN3O4S. The zero-order valence-corrected chi connectivity index (χ0v) is 13.2. The normalized spacial score (nSPS) is 17.7. The number of rotatable bonds is 5. The number of nitrogens with one attached hydrogen (secondary N) is 2. The van der Waals surface area contributed by atoms with E-state index in [1.54, 1.807) is 12.3 Å². The van der Waals surface area contributed by atoms with Crippen molar-refractivity contribution in [3.8, 4) is 0 Å². The number of anilines is 1. The molecule has 9 heteroatoms. The molecule has 1 amide bonds. The van der Waals surface area contributed by atoms with Gasteiger partial charge in [-0.1, -0.05) is 0 Å². The summed E-state index contributed by atoms with van der Waals surface area (Å²) in [4.78, 5) is 27.4. The highest BCUT2D eigenvalue weighted by atomic mass is 35.5. The van der Waals surface area contributed by atoms with Gasteiger partial charge in [0.25, 0.3) is 0 Å². The maximum absolute atomic E-state index is 11.9. The highest BCUT2D eigenvalue weighted by Crippen LogP contribution is 2.16. The summed E-state index contributed by atoms with van der Waals surface area (Å²) in [7, 11) is 0. The number of carbonyl (C=O) groups is 2. The molecule has 1 aromatic rings. The van der Waals surface area contributed by atoms with Crippen LogP contribution in [0.15, 0.2) is 5.38 Å². The van der Waals surface area contributed by atoms with Gasteiger partial charge in [-0.25, -0.2) is 4.98 Å². The van der Waals surface area contributed by atoms with E-state index in [1.807, 2.05) is 0 Å². The maximum atomic E-state index is 11.9. The third kappa shape index (κ3) is 5.58.